The second kappa shape index (κ2) is 10.1. The summed E-state index contributed by atoms with van der Waals surface area (Å²) in [6.45, 7) is 7.55. The number of carbonyl (C=O) groups excluding carboxylic acids is 2. The molecule has 2 N–H and O–H groups in total. The number of carbonyl (C=O) groups is 2. The van der Waals surface area contributed by atoms with E-state index in [2.05, 4.69) is 57.8 Å². The summed E-state index contributed by atoms with van der Waals surface area (Å²) in [5.41, 5.74) is 4.13. The Morgan fingerprint density at radius 3 is 2.51 bits per heavy atom. The predicted molar refractivity (Wildman–Crippen MR) is 143 cm³/mol. The number of para-hydroxylation sites is 1. The summed E-state index contributed by atoms with van der Waals surface area (Å²) < 4.78 is 0. The number of aromatic amines is 1. The third kappa shape index (κ3) is 5.53. The molecular weight excluding hydrogens is 436 g/mol. The van der Waals surface area contributed by atoms with Crippen molar-refractivity contribution in [3.8, 4) is 0 Å². The molecule has 1 aliphatic rings. The third-order valence-corrected chi connectivity index (χ3v) is 7.01. The number of rotatable bonds is 6. The number of hydrogen-bond acceptors (Lipinski definition) is 3. The monoisotopic (exact) mass is 474 g/mol. The van der Waals surface area contributed by atoms with Crippen LogP contribution in [0.2, 0.25) is 0 Å². The van der Waals surface area contributed by atoms with Crippen LogP contribution in [0.25, 0.3) is 10.9 Å². The quantitative estimate of drug-likeness (QED) is 0.541. The number of H-pyrrole nitrogens is 1. The van der Waals surface area contributed by atoms with Gasteiger partial charge in [-0.15, -0.1) is 0 Å². The number of nitrogens with one attached hydrogen (secondary N) is 2. The molecule has 2 heterocycles. The molecule has 2 atom stereocenters. The lowest BCUT2D eigenvalue weighted by Crippen LogP contribution is -2.49. The average molecular weight is 475 g/mol. The van der Waals surface area contributed by atoms with Gasteiger partial charge in [0.15, 0.2) is 0 Å². The molecule has 2 amide bonds. The first kappa shape index (κ1) is 24.8. The molecule has 0 aliphatic carbocycles. The molecule has 1 aliphatic heterocycles. The molecule has 1 saturated heterocycles. The van der Waals surface area contributed by atoms with Crippen molar-refractivity contribution in [1.29, 1.82) is 0 Å². The Balaban J connectivity index is 1.54. The first-order valence-electron chi connectivity index (χ1n) is 12.6. The van der Waals surface area contributed by atoms with Gasteiger partial charge in [0, 0.05) is 67.8 Å². The average Bonchev–Trinajstić information content (AvgIpc) is 3.27. The van der Waals surface area contributed by atoms with Gasteiger partial charge in [0.05, 0.1) is 5.92 Å². The van der Waals surface area contributed by atoms with E-state index in [0.29, 0.717) is 13.1 Å². The molecule has 1 fully saturated rings. The van der Waals surface area contributed by atoms with Crippen molar-refractivity contribution in [1.82, 2.24) is 15.2 Å². The highest BCUT2D eigenvalue weighted by atomic mass is 16.2. The minimum atomic E-state index is -0.433. The van der Waals surface area contributed by atoms with Gasteiger partial charge < -0.3 is 20.1 Å². The van der Waals surface area contributed by atoms with Crippen molar-refractivity contribution in [3.63, 3.8) is 0 Å². The summed E-state index contributed by atoms with van der Waals surface area (Å²) in [6.07, 6.45) is 3.73. The van der Waals surface area contributed by atoms with Crippen molar-refractivity contribution < 1.29 is 9.59 Å². The number of piperidine rings is 1. The Kier molecular flexibility index (Phi) is 7.20. The minimum absolute atomic E-state index is 0.0159. The third-order valence-electron chi connectivity index (χ3n) is 7.01. The summed E-state index contributed by atoms with van der Waals surface area (Å²) in [5, 5.41) is 4.41. The lowest BCUT2D eigenvalue weighted by Gasteiger charge is -2.36. The van der Waals surface area contributed by atoms with Crippen LogP contribution < -0.4 is 10.2 Å². The van der Waals surface area contributed by atoms with Crippen LogP contribution in [0, 0.1) is 11.3 Å². The highest BCUT2D eigenvalue weighted by molar-refractivity contribution is 5.85. The molecule has 0 radical (unpaired) electrons. The zero-order valence-corrected chi connectivity index (χ0v) is 21.6. The maximum Gasteiger partial charge on any atom is 0.227 e. The predicted octanol–water partition coefficient (Wildman–Crippen LogP) is 4.77. The second-order valence-electron chi connectivity index (χ2n) is 10.9. The Labute approximate surface area is 208 Å². The standard InChI is InChI=1S/C29H38N4O2/c1-29(2,3)28(35)33-16-8-9-21(19-33)27(34)31-17-24(20-12-14-22(15-13-20)32(4)5)25-18-30-26-11-7-6-10-23(25)26/h6-7,10-15,18,21,24,30H,8-9,16-17,19H2,1-5H3,(H,31,34). The van der Waals surface area contributed by atoms with E-state index < -0.39 is 5.41 Å². The van der Waals surface area contributed by atoms with Crippen LogP contribution in [0.15, 0.2) is 54.7 Å². The first-order chi connectivity index (χ1) is 16.6. The van der Waals surface area contributed by atoms with Gasteiger partial charge in [0.1, 0.15) is 0 Å². The fraction of sp³-hybridized carbons (Fsp3) is 0.448. The molecule has 2 aromatic carbocycles. The number of nitrogens with zero attached hydrogens (tertiary/aromatic N) is 2. The van der Waals surface area contributed by atoms with Crippen LogP contribution in [-0.4, -0.2) is 55.4 Å². The Hall–Kier alpha value is -3.28. The molecule has 3 aromatic rings. The van der Waals surface area contributed by atoms with Crippen LogP contribution in [0.1, 0.15) is 50.7 Å². The Morgan fingerprint density at radius 2 is 1.83 bits per heavy atom. The summed E-state index contributed by atoms with van der Waals surface area (Å²) in [7, 11) is 4.06. The van der Waals surface area contributed by atoms with Gasteiger partial charge in [-0.3, -0.25) is 9.59 Å². The van der Waals surface area contributed by atoms with E-state index in [4.69, 9.17) is 0 Å². The van der Waals surface area contributed by atoms with Gasteiger partial charge in [-0.05, 0) is 42.2 Å². The summed E-state index contributed by atoms with van der Waals surface area (Å²) >= 11 is 0. The first-order valence-corrected chi connectivity index (χ1v) is 12.6. The number of hydrogen-bond donors (Lipinski definition) is 2. The topological polar surface area (TPSA) is 68.4 Å². The van der Waals surface area contributed by atoms with E-state index in [0.717, 1.165) is 36.2 Å². The van der Waals surface area contributed by atoms with Crippen molar-refractivity contribution in [3.05, 3.63) is 65.9 Å². The molecule has 1 aromatic heterocycles. The molecule has 2 unspecified atom stereocenters. The summed E-state index contributed by atoms with van der Waals surface area (Å²) in [6, 6.07) is 16.8. The number of amides is 2. The molecule has 6 heteroatoms. The molecule has 0 spiro atoms. The van der Waals surface area contributed by atoms with E-state index in [1.165, 1.54) is 10.9 Å². The molecule has 4 rings (SSSR count). The molecular formula is C29H38N4O2. The largest absolute Gasteiger partial charge is 0.378 e. The van der Waals surface area contributed by atoms with Crippen LogP contribution >= 0.6 is 0 Å². The van der Waals surface area contributed by atoms with E-state index in [1.54, 1.807) is 0 Å². The van der Waals surface area contributed by atoms with Crippen molar-refractivity contribution >= 4 is 28.4 Å². The van der Waals surface area contributed by atoms with E-state index >= 15 is 0 Å². The highest BCUT2D eigenvalue weighted by Crippen LogP contribution is 2.32. The fourth-order valence-electron chi connectivity index (χ4n) is 4.99. The molecule has 186 valence electrons. The zero-order chi connectivity index (χ0) is 25.2. The fourth-order valence-corrected chi connectivity index (χ4v) is 4.99. The SMILES string of the molecule is CN(C)c1ccc(C(CNC(=O)C2CCCN(C(=O)C(C)(C)C)C2)c2c[nH]c3ccccc23)cc1. The van der Waals surface area contributed by atoms with E-state index in [-0.39, 0.29) is 23.7 Å². The van der Waals surface area contributed by atoms with Gasteiger partial charge in [0.25, 0.3) is 0 Å². The normalized spacial score (nSPS) is 17.3. The van der Waals surface area contributed by atoms with Crippen LogP contribution in [0.5, 0.6) is 0 Å². The van der Waals surface area contributed by atoms with Gasteiger partial charge in [-0.25, -0.2) is 0 Å². The van der Waals surface area contributed by atoms with E-state index in [1.807, 2.05) is 51.9 Å². The highest BCUT2D eigenvalue weighted by Gasteiger charge is 2.33. The van der Waals surface area contributed by atoms with Crippen molar-refractivity contribution in [2.45, 2.75) is 39.5 Å². The van der Waals surface area contributed by atoms with Crippen LogP contribution in [-0.2, 0) is 9.59 Å². The Bertz CT molecular complexity index is 1170. The summed E-state index contributed by atoms with van der Waals surface area (Å²) in [4.78, 5) is 33.4. The number of likely N-dealkylation sites (tertiary alicyclic amines) is 1. The number of aromatic nitrogens is 1. The zero-order valence-electron chi connectivity index (χ0n) is 21.6. The molecule has 0 bridgehead atoms. The molecule has 35 heavy (non-hydrogen) atoms. The lowest BCUT2D eigenvalue weighted by atomic mass is 9.89. The molecule has 0 saturated carbocycles. The van der Waals surface area contributed by atoms with Gasteiger partial charge in [-0.2, -0.15) is 0 Å². The van der Waals surface area contributed by atoms with Gasteiger partial charge in [0.2, 0.25) is 11.8 Å². The van der Waals surface area contributed by atoms with Crippen LogP contribution in [0.3, 0.4) is 0 Å². The van der Waals surface area contributed by atoms with E-state index in [9.17, 15) is 9.59 Å². The number of benzene rings is 2. The number of fused-ring (bicyclic) bond motifs is 1. The van der Waals surface area contributed by atoms with Gasteiger partial charge >= 0.3 is 0 Å². The second-order valence-corrected chi connectivity index (χ2v) is 10.9. The van der Waals surface area contributed by atoms with Crippen molar-refractivity contribution in [2.75, 3.05) is 38.6 Å². The number of anilines is 1. The smallest absolute Gasteiger partial charge is 0.227 e. The summed E-state index contributed by atoms with van der Waals surface area (Å²) in [5.74, 6) is -0.00388. The maximum absolute atomic E-state index is 13.3. The van der Waals surface area contributed by atoms with Crippen LogP contribution in [0.4, 0.5) is 5.69 Å². The minimum Gasteiger partial charge on any atom is -0.378 e. The van der Waals surface area contributed by atoms with Gasteiger partial charge in [-0.1, -0.05) is 51.1 Å². The lowest BCUT2D eigenvalue weighted by molar-refractivity contribution is -0.142. The maximum atomic E-state index is 13.3. The Morgan fingerprint density at radius 1 is 1.11 bits per heavy atom. The molecule has 6 nitrogen and oxygen atoms in total. The van der Waals surface area contributed by atoms with Crippen molar-refractivity contribution in [2.24, 2.45) is 11.3 Å².